The molecule has 1 saturated heterocycles. The molecule has 0 aliphatic carbocycles. The normalized spacial score (nSPS) is 17.6. The van der Waals surface area contributed by atoms with Crippen molar-refractivity contribution in [3.8, 4) is 0 Å². The van der Waals surface area contributed by atoms with Gasteiger partial charge in [-0.15, -0.1) is 15.3 Å². The summed E-state index contributed by atoms with van der Waals surface area (Å²) >= 11 is 0. The highest BCUT2D eigenvalue weighted by Gasteiger charge is 2.25. The average molecular weight is 309 g/mol. The maximum atomic E-state index is 12.2. The van der Waals surface area contributed by atoms with Crippen molar-refractivity contribution in [1.29, 1.82) is 0 Å². The van der Waals surface area contributed by atoms with Crippen molar-refractivity contribution in [2.24, 2.45) is 0 Å². The van der Waals surface area contributed by atoms with E-state index in [0.29, 0.717) is 11.3 Å². The van der Waals surface area contributed by atoms with Gasteiger partial charge in [0.2, 0.25) is 0 Å². The van der Waals surface area contributed by atoms with E-state index in [1.165, 1.54) is 0 Å². The molecule has 1 aliphatic rings. The van der Waals surface area contributed by atoms with E-state index in [-0.39, 0.29) is 11.9 Å². The Kier molecular flexibility index (Phi) is 3.34. The van der Waals surface area contributed by atoms with Crippen LogP contribution < -0.4 is 10.2 Å². The summed E-state index contributed by atoms with van der Waals surface area (Å²) in [4.78, 5) is 18.4. The molecule has 23 heavy (non-hydrogen) atoms. The summed E-state index contributed by atoms with van der Waals surface area (Å²) < 4.78 is 1.65. The van der Waals surface area contributed by atoms with Crippen LogP contribution in [0.25, 0.3) is 5.65 Å². The quantitative estimate of drug-likeness (QED) is 0.759. The monoisotopic (exact) mass is 309 g/mol. The van der Waals surface area contributed by atoms with Crippen molar-refractivity contribution >= 4 is 17.4 Å². The van der Waals surface area contributed by atoms with Crippen LogP contribution >= 0.6 is 0 Å². The zero-order valence-corrected chi connectivity index (χ0v) is 12.3. The fourth-order valence-electron chi connectivity index (χ4n) is 2.73. The Morgan fingerprint density at radius 3 is 3.09 bits per heavy atom. The molecule has 0 saturated carbocycles. The van der Waals surface area contributed by atoms with Crippen molar-refractivity contribution in [2.75, 3.05) is 18.0 Å². The van der Waals surface area contributed by atoms with Crippen LogP contribution in [-0.2, 0) is 0 Å². The summed E-state index contributed by atoms with van der Waals surface area (Å²) in [6, 6.07) is 9.20. The number of amides is 1. The van der Waals surface area contributed by atoms with Gasteiger partial charge in [0, 0.05) is 25.3 Å². The van der Waals surface area contributed by atoms with Crippen LogP contribution in [0.2, 0.25) is 0 Å². The number of fused-ring (bicyclic) bond motifs is 1. The lowest BCUT2D eigenvalue weighted by molar-refractivity contribution is 0.0935. The van der Waals surface area contributed by atoms with Crippen LogP contribution in [0.15, 0.2) is 42.9 Å². The molecule has 0 bridgehead atoms. The summed E-state index contributed by atoms with van der Waals surface area (Å²) in [6.07, 6.45) is 4.07. The molecule has 0 spiro atoms. The van der Waals surface area contributed by atoms with E-state index in [0.717, 1.165) is 25.3 Å². The third-order valence-electron chi connectivity index (χ3n) is 3.89. The predicted octanol–water partition coefficient (Wildman–Crippen LogP) is 0.528. The van der Waals surface area contributed by atoms with Crippen molar-refractivity contribution in [2.45, 2.75) is 12.5 Å². The molecular formula is C15H15N7O. The third kappa shape index (κ3) is 2.70. The van der Waals surface area contributed by atoms with Crippen molar-refractivity contribution in [3.05, 3.63) is 48.5 Å². The van der Waals surface area contributed by atoms with Crippen LogP contribution in [0.5, 0.6) is 0 Å². The first kappa shape index (κ1) is 13.6. The standard InChI is InChI=1S/C15H15N7O/c23-15(12-3-1-2-7-16-12)18-11-6-8-21(9-11)14-5-4-13-19-17-10-22(13)20-14/h1-5,7,10-11H,6,8-9H2,(H,18,23). The van der Waals surface area contributed by atoms with Gasteiger partial charge in [-0.25, -0.2) is 0 Å². The molecule has 3 aromatic heterocycles. The SMILES string of the molecule is O=C(NC1CCN(c2ccc3nncn3n2)C1)c1ccccn1. The Labute approximate surface area is 132 Å². The second-order valence-corrected chi connectivity index (χ2v) is 5.45. The minimum Gasteiger partial charge on any atom is -0.353 e. The van der Waals surface area contributed by atoms with Crippen molar-refractivity contribution in [3.63, 3.8) is 0 Å². The third-order valence-corrected chi connectivity index (χ3v) is 3.89. The Bertz CT molecular complexity index is 832. The summed E-state index contributed by atoms with van der Waals surface area (Å²) in [5, 5.41) is 15.3. The second kappa shape index (κ2) is 5.64. The second-order valence-electron chi connectivity index (χ2n) is 5.45. The van der Waals surface area contributed by atoms with E-state index in [4.69, 9.17) is 0 Å². The number of hydrogen-bond donors (Lipinski definition) is 1. The van der Waals surface area contributed by atoms with Gasteiger partial charge in [0.1, 0.15) is 17.8 Å². The maximum absolute atomic E-state index is 12.2. The molecule has 3 aromatic rings. The van der Waals surface area contributed by atoms with E-state index < -0.39 is 0 Å². The first-order valence-electron chi connectivity index (χ1n) is 7.43. The summed E-state index contributed by atoms with van der Waals surface area (Å²) in [6.45, 7) is 1.56. The minimum absolute atomic E-state index is 0.0860. The van der Waals surface area contributed by atoms with Gasteiger partial charge in [0.05, 0.1) is 0 Å². The topological polar surface area (TPSA) is 88.3 Å². The van der Waals surface area contributed by atoms with Crippen LogP contribution in [0.3, 0.4) is 0 Å². The number of rotatable bonds is 3. The van der Waals surface area contributed by atoms with Gasteiger partial charge in [-0.1, -0.05) is 6.07 Å². The Balaban J connectivity index is 1.43. The zero-order valence-electron chi connectivity index (χ0n) is 12.3. The summed E-state index contributed by atoms with van der Waals surface area (Å²) in [5.74, 6) is 0.714. The smallest absolute Gasteiger partial charge is 0.270 e. The van der Waals surface area contributed by atoms with Gasteiger partial charge in [-0.05, 0) is 30.7 Å². The predicted molar refractivity (Wildman–Crippen MR) is 83.1 cm³/mol. The van der Waals surface area contributed by atoms with Gasteiger partial charge in [-0.2, -0.15) is 4.52 Å². The van der Waals surface area contributed by atoms with E-state index in [9.17, 15) is 4.79 Å². The number of anilines is 1. The largest absolute Gasteiger partial charge is 0.353 e. The van der Waals surface area contributed by atoms with Crippen LogP contribution in [0.4, 0.5) is 5.82 Å². The molecule has 1 aliphatic heterocycles. The van der Waals surface area contributed by atoms with E-state index in [2.05, 4.69) is 30.5 Å². The number of nitrogens with one attached hydrogen (secondary N) is 1. The van der Waals surface area contributed by atoms with E-state index in [1.807, 2.05) is 12.1 Å². The molecular weight excluding hydrogens is 294 g/mol. The lowest BCUT2D eigenvalue weighted by atomic mass is 10.2. The van der Waals surface area contributed by atoms with Crippen LogP contribution in [-0.4, -0.2) is 49.8 Å². The zero-order chi connectivity index (χ0) is 15.6. The van der Waals surface area contributed by atoms with Crippen molar-refractivity contribution < 1.29 is 4.79 Å². The number of aromatic nitrogens is 5. The first-order chi connectivity index (χ1) is 11.3. The fourth-order valence-corrected chi connectivity index (χ4v) is 2.73. The Morgan fingerprint density at radius 2 is 2.22 bits per heavy atom. The molecule has 1 atom stereocenters. The number of hydrogen-bond acceptors (Lipinski definition) is 6. The highest BCUT2D eigenvalue weighted by Crippen LogP contribution is 2.18. The van der Waals surface area contributed by atoms with Crippen molar-refractivity contribution in [1.82, 2.24) is 30.1 Å². The molecule has 116 valence electrons. The molecule has 8 heteroatoms. The highest BCUT2D eigenvalue weighted by atomic mass is 16.1. The highest BCUT2D eigenvalue weighted by molar-refractivity contribution is 5.92. The molecule has 1 fully saturated rings. The molecule has 8 nitrogen and oxygen atoms in total. The minimum atomic E-state index is -0.139. The number of carbonyl (C=O) groups is 1. The van der Waals surface area contributed by atoms with E-state index >= 15 is 0 Å². The maximum Gasteiger partial charge on any atom is 0.270 e. The lowest BCUT2D eigenvalue weighted by Crippen LogP contribution is -2.37. The van der Waals surface area contributed by atoms with Gasteiger partial charge in [0.25, 0.3) is 5.91 Å². The Hall–Kier alpha value is -3.03. The van der Waals surface area contributed by atoms with Gasteiger partial charge in [-0.3, -0.25) is 9.78 Å². The average Bonchev–Trinajstić information content (AvgIpc) is 3.23. The molecule has 0 radical (unpaired) electrons. The van der Waals surface area contributed by atoms with Gasteiger partial charge in [0.15, 0.2) is 5.65 Å². The summed E-state index contributed by atoms with van der Waals surface area (Å²) in [7, 11) is 0. The number of pyridine rings is 1. The molecule has 0 aromatic carbocycles. The van der Waals surface area contributed by atoms with Gasteiger partial charge < -0.3 is 10.2 Å². The van der Waals surface area contributed by atoms with Gasteiger partial charge >= 0.3 is 0 Å². The molecule has 1 unspecified atom stereocenters. The Morgan fingerprint density at radius 1 is 1.26 bits per heavy atom. The van der Waals surface area contributed by atoms with Crippen LogP contribution in [0, 0.1) is 0 Å². The molecule has 1 amide bonds. The van der Waals surface area contributed by atoms with E-state index in [1.54, 1.807) is 35.2 Å². The first-order valence-corrected chi connectivity index (χ1v) is 7.43. The molecule has 4 heterocycles. The fraction of sp³-hybridized carbons (Fsp3) is 0.267. The number of carbonyl (C=O) groups excluding carboxylic acids is 1. The lowest BCUT2D eigenvalue weighted by Gasteiger charge is -2.17. The molecule has 1 N–H and O–H groups in total. The molecule has 4 rings (SSSR count). The summed E-state index contributed by atoms with van der Waals surface area (Å²) in [5.41, 5.74) is 1.16. The van der Waals surface area contributed by atoms with Crippen LogP contribution in [0.1, 0.15) is 16.9 Å². The number of nitrogens with zero attached hydrogens (tertiary/aromatic N) is 6.